The summed E-state index contributed by atoms with van der Waals surface area (Å²) in [5, 5.41) is 1.50. The van der Waals surface area contributed by atoms with Gasteiger partial charge in [-0.05, 0) is 30.7 Å². The third kappa shape index (κ3) is 1.87. The Bertz CT molecular complexity index is 331. The van der Waals surface area contributed by atoms with Crippen molar-refractivity contribution in [3.05, 3.63) is 42.0 Å². The monoisotopic (exact) mass is 255 g/mol. The van der Waals surface area contributed by atoms with E-state index in [0.29, 0.717) is 0 Å². The molecule has 0 saturated heterocycles. The second-order valence-corrected chi connectivity index (χ2v) is 10.6. The highest BCUT2D eigenvalue weighted by molar-refractivity contribution is 9.43. The molecule has 0 N–H and O–H groups in total. The van der Waals surface area contributed by atoms with Gasteiger partial charge >= 0.3 is 0 Å². The maximum absolute atomic E-state index is 3.95. The van der Waals surface area contributed by atoms with Crippen LogP contribution in [0.2, 0.25) is 0 Å². The summed E-state index contributed by atoms with van der Waals surface area (Å²) in [6, 6.07) is 10.8. The smallest absolute Gasteiger partial charge is 0.0620 e. The van der Waals surface area contributed by atoms with Gasteiger partial charge in [-0.3, -0.25) is 0 Å². The van der Waals surface area contributed by atoms with E-state index in [-0.39, 0.29) is 0 Å². The first-order valence-corrected chi connectivity index (χ1v) is 8.66. The molecule has 0 aromatic heterocycles. The van der Waals surface area contributed by atoms with Crippen LogP contribution in [0.15, 0.2) is 42.0 Å². The normalized spacial score (nSPS) is 27.4. The number of hydrogen-bond acceptors (Lipinski definition) is 0. The molecule has 13 heavy (non-hydrogen) atoms. The molecule has 0 radical (unpaired) electrons. The molecule has 0 fully saturated rings. The lowest BCUT2D eigenvalue weighted by Crippen LogP contribution is -2.07. The van der Waals surface area contributed by atoms with E-state index < -0.39 is 5.96 Å². The predicted molar refractivity (Wildman–Crippen MR) is 65.4 cm³/mol. The van der Waals surface area contributed by atoms with E-state index in [1.165, 1.54) is 23.2 Å². The molecule has 0 amide bonds. The zero-order valence-corrected chi connectivity index (χ0v) is 10.2. The van der Waals surface area contributed by atoms with E-state index in [0.717, 1.165) is 0 Å². The second-order valence-electron chi connectivity index (χ2n) is 3.59. The first kappa shape index (κ1) is 9.43. The minimum atomic E-state index is -1.01. The van der Waals surface area contributed by atoms with Crippen molar-refractivity contribution in [2.75, 3.05) is 12.3 Å². The predicted octanol–water partition coefficient (Wildman–Crippen LogP) is 3.60. The van der Waals surface area contributed by atoms with Gasteiger partial charge in [-0.15, -0.1) is 0 Å². The molecule has 1 aromatic rings. The van der Waals surface area contributed by atoms with Crippen molar-refractivity contribution in [2.24, 2.45) is 0 Å². The Morgan fingerprint density at radius 3 is 2.46 bits per heavy atom. The summed E-state index contributed by atoms with van der Waals surface area (Å²) in [5.74, 6) is -1.01. The van der Waals surface area contributed by atoms with Crippen LogP contribution in [-0.2, 0) is 0 Å². The van der Waals surface area contributed by atoms with E-state index >= 15 is 0 Å². The number of allylic oxidation sites excluding steroid dienone is 2. The van der Waals surface area contributed by atoms with Gasteiger partial charge in [0.15, 0.2) is 0 Å². The van der Waals surface area contributed by atoms with E-state index in [1.54, 1.807) is 0 Å². The van der Waals surface area contributed by atoms with E-state index in [1.807, 2.05) is 0 Å². The lowest BCUT2D eigenvalue weighted by molar-refractivity contribution is 1.42. The van der Waals surface area contributed by atoms with Gasteiger partial charge in [-0.25, -0.2) is 0 Å². The summed E-state index contributed by atoms with van der Waals surface area (Å²) in [5.41, 5.74) is 1.54. The fourth-order valence-corrected chi connectivity index (χ4v) is 6.80. The van der Waals surface area contributed by atoms with E-state index in [9.17, 15) is 0 Å². The van der Waals surface area contributed by atoms with Crippen molar-refractivity contribution in [3.8, 4) is 0 Å². The maximum atomic E-state index is 3.95. The second kappa shape index (κ2) is 3.55. The average Bonchev–Trinajstić information content (AvgIpc) is 2.49. The minimum absolute atomic E-state index is 1.01. The SMILES string of the molecule is CC1=CC[P+](Br)(c2ccccc2)C1. The molecular formula is C11H13BrP+. The van der Waals surface area contributed by atoms with E-state index in [4.69, 9.17) is 0 Å². The van der Waals surface area contributed by atoms with Crippen molar-refractivity contribution in [1.29, 1.82) is 0 Å². The molecule has 68 valence electrons. The van der Waals surface area contributed by atoms with Crippen LogP contribution < -0.4 is 5.30 Å². The molecule has 1 heterocycles. The first-order valence-electron chi connectivity index (χ1n) is 4.49. The Labute approximate surface area is 88.1 Å². The van der Waals surface area contributed by atoms with Gasteiger partial charge in [-0.1, -0.05) is 18.2 Å². The van der Waals surface area contributed by atoms with Crippen LogP contribution in [-0.4, -0.2) is 12.3 Å². The number of rotatable bonds is 1. The van der Waals surface area contributed by atoms with Gasteiger partial charge in [0.1, 0.15) is 26.8 Å². The Balaban J connectivity index is 2.28. The van der Waals surface area contributed by atoms with Gasteiger partial charge in [0.2, 0.25) is 0 Å². The van der Waals surface area contributed by atoms with Crippen molar-refractivity contribution >= 4 is 26.8 Å². The van der Waals surface area contributed by atoms with Gasteiger partial charge in [-0.2, -0.15) is 0 Å². The largest absolute Gasteiger partial charge is 0.145 e. The molecule has 0 aliphatic carbocycles. The van der Waals surface area contributed by atoms with Crippen molar-refractivity contribution in [3.63, 3.8) is 0 Å². The van der Waals surface area contributed by atoms with Gasteiger partial charge in [0.25, 0.3) is 0 Å². The summed E-state index contributed by atoms with van der Waals surface area (Å²) in [4.78, 5) is 0. The van der Waals surface area contributed by atoms with Crippen molar-refractivity contribution in [2.45, 2.75) is 6.92 Å². The Morgan fingerprint density at radius 2 is 1.92 bits per heavy atom. The first-order chi connectivity index (χ1) is 6.21. The van der Waals surface area contributed by atoms with Crippen molar-refractivity contribution in [1.82, 2.24) is 0 Å². The van der Waals surface area contributed by atoms with Crippen LogP contribution in [0, 0.1) is 0 Å². The standard InChI is InChI=1S/C11H13BrP/c1-10-7-8-13(12,9-10)11-5-3-2-4-6-11/h2-7H,8-9H2,1H3/q+1. The Morgan fingerprint density at radius 1 is 1.23 bits per heavy atom. The summed E-state index contributed by atoms with van der Waals surface area (Å²) < 4.78 is 0. The van der Waals surface area contributed by atoms with Gasteiger partial charge in [0.05, 0.1) is 12.3 Å². The zero-order chi connectivity index (χ0) is 9.31. The highest BCUT2D eigenvalue weighted by Gasteiger charge is 2.40. The van der Waals surface area contributed by atoms with E-state index in [2.05, 4.69) is 58.8 Å². The molecule has 1 aliphatic heterocycles. The molecule has 1 unspecified atom stereocenters. The summed E-state index contributed by atoms with van der Waals surface area (Å²) in [7, 11) is 0. The Hall–Kier alpha value is -0.130. The van der Waals surface area contributed by atoms with Crippen LogP contribution in [0.4, 0.5) is 0 Å². The van der Waals surface area contributed by atoms with Gasteiger partial charge < -0.3 is 0 Å². The van der Waals surface area contributed by atoms with Crippen LogP contribution >= 0.6 is 21.5 Å². The minimum Gasteiger partial charge on any atom is -0.0620 e. The third-order valence-corrected chi connectivity index (χ3v) is 8.28. The van der Waals surface area contributed by atoms with Crippen LogP contribution in [0.1, 0.15) is 6.92 Å². The van der Waals surface area contributed by atoms with Gasteiger partial charge in [0, 0.05) is 0 Å². The zero-order valence-electron chi connectivity index (χ0n) is 7.70. The maximum Gasteiger partial charge on any atom is 0.145 e. The molecule has 2 rings (SSSR count). The number of benzene rings is 1. The van der Waals surface area contributed by atoms with Crippen molar-refractivity contribution < 1.29 is 0 Å². The highest BCUT2D eigenvalue weighted by Crippen LogP contribution is 2.68. The van der Waals surface area contributed by atoms with Crippen LogP contribution in [0.3, 0.4) is 0 Å². The molecule has 1 atom stereocenters. The van der Waals surface area contributed by atoms with Crippen LogP contribution in [0.25, 0.3) is 0 Å². The molecule has 2 heteroatoms. The molecule has 0 bridgehead atoms. The lowest BCUT2D eigenvalue weighted by Gasteiger charge is -2.12. The Kier molecular flexibility index (Phi) is 2.58. The third-order valence-electron chi connectivity index (χ3n) is 2.45. The lowest BCUT2D eigenvalue weighted by atomic mass is 10.3. The number of halogens is 1. The topological polar surface area (TPSA) is 0 Å². The average molecular weight is 256 g/mol. The quantitative estimate of drug-likeness (QED) is 0.532. The van der Waals surface area contributed by atoms with Crippen LogP contribution in [0.5, 0.6) is 0 Å². The summed E-state index contributed by atoms with van der Waals surface area (Å²) >= 11 is 3.95. The fraction of sp³-hybridized carbons (Fsp3) is 0.273. The molecular weight excluding hydrogens is 243 g/mol. The molecule has 0 spiro atoms. The molecule has 1 aromatic carbocycles. The molecule has 0 nitrogen and oxygen atoms in total. The molecule has 0 saturated carbocycles. The highest BCUT2D eigenvalue weighted by atomic mass is 79.9. The fourth-order valence-electron chi connectivity index (χ4n) is 1.72. The molecule has 1 aliphatic rings. The summed E-state index contributed by atoms with van der Waals surface area (Å²) in [6.07, 6.45) is 4.84. The number of hydrogen-bond donors (Lipinski definition) is 0. The summed E-state index contributed by atoms with van der Waals surface area (Å²) in [6.45, 7) is 2.23.